The number of para-hydroxylation sites is 2. The number of primary amides is 1. The van der Waals surface area contributed by atoms with E-state index in [1.54, 1.807) is 12.1 Å². The van der Waals surface area contributed by atoms with Gasteiger partial charge in [-0.3, -0.25) is 9.89 Å². The second kappa shape index (κ2) is 8.31. The summed E-state index contributed by atoms with van der Waals surface area (Å²) in [6.45, 7) is 0. The number of rotatable bonds is 7. The summed E-state index contributed by atoms with van der Waals surface area (Å²) < 4.78 is 5.92. The van der Waals surface area contributed by atoms with Crippen LogP contribution in [-0.2, 0) is 11.2 Å². The fourth-order valence-corrected chi connectivity index (χ4v) is 3.65. The molecule has 0 fully saturated rings. The molecule has 1 atom stereocenters. The highest BCUT2D eigenvalue weighted by atomic mass is 16.5. The molecule has 0 bridgehead atoms. The normalized spacial score (nSPS) is 12.0. The van der Waals surface area contributed by atoms with Crippen molar-refractivity contribution in [3.8, 4) is 28.4 Å². The molecule has 0 spiro atoms. The minimum atomic E-state index is -0.873. The van der Waals surface area contributed by atoms with E-state index < -0.39 is 12.0 Å². The Balaban J connectivity index is 1.59. The highest BCUT2D eigenvalue weighted by Crippen LogP contribution is 2.32. The zero-order valence-electron chi connectivity index (χ0n) is 16.9. The van der Waals surface area contributed by atoms with Crippen LogP contribution >= 0.6 is 0 Å². The Morgan fingerprint density at radius 3 is 2.59 bits per heavy atom. The SMILES string of the molecule is NC(=O)C(Cc1cc(-c2nn[nH]n2)ccc1-c1n[nH]c2ccccc12)Oc1ccccc1. The first-order valence-corrected chi connectivity index (χ1v) is 10.0. The molecule has 3 aromatic carbocycles. The average molecular weight is 425 g/mol. The standard InChI is InChI=1S/C23H19N7O2/c24-22(31)20(32-16-6-2-1-3-7-16)13-15-12-14(23-27-29-30-28-23)10-11-17(15)21-18-8-4-5-9-19(18)25-26-21/h1-12,20H,13H2,(H2,24,31)(H,25,26)(H,27,28,29,30). The number of nitrogens with two attached hydrogens (primary N) is 1. The van der Waals surface area contributed by atoms with Crippen LogP contribution in [0.3, 0.4) is 0 Å². The van der Waals surface area contributed by atoms with Crippen LogP contribution in [0.2, 0.25) is 0 Å². The lowest BCUT2D eigenvalue weighted by Crippen LogP contribution is -2.35. The van der Waals surface area contributed by atoms with Crippen molar-refractivity contribution in [3.05, 3.63) is 78.4 Å². The number of hydrogen-bond acceptors (Lipinski definition) is 6. The van der Waals surface area contributed by atoms with Gasteiger partial charge < -0.3 is 10.5 Å². The zero-order valence-corrected chi connectivity index (χ0v) is 16.9. The number of ether oxygens (including phenoxy) is 1. The molecule has 0 aliphatic rings. The predicted octanol–water partition coefficient (Wildman–Crippen LogP) is 2.89. The van der Waals surface area contributed by atoms with E-state index in [4.69, 9.17) is 10.5 Å². The van der Waals surface area contributed by atoms with E-state index in [2.05, 4.69) is 30.8 Å². The molecule has 9 nitrogen and oxygen atoms in total. The Bertz CT molecular complexity index is 1360. The molecule has 0 saturated carbocycles. The van der Waals surface area contributed by atoms with Crippen LogP contribution in [0, 0.1) is 0 Å². The maximum atomic E-state index is 12.3. The van der Waals surface area contributed by atoms with E-state index >= 15 is 0 Å². The number of carbonyl (C=O) groups excluding carboxylic acids is 1. The highest BCUT2D eigenvalue weighted by Gasteiger charge is 2.22. The first-order valence-electron chi connectivity index (χ1n) is 10.0. The highest BCUT2D eigenvalue weighted by molar-refractivity contribution is 5.94. The number of hydrogen-bond donors (Lipinski definition) is 3. The Labute approximate surface area is 182 Å². The summed E-state index contributed by atoms with van der Waals surface area (Å²) in [4.78, 5) is 12.3. The summed E-state index contributed by atoms with van der Waals surface area (Å²) in [7, 11) is 0. The van der Waals surface area contributed by atoms with Gasteiger partial charge in [0.05, 0.1) is 5.52 Å². The van der Waals surface area contributed by atoms with E-state index in [-0.39, 0.29) is 6.42 Å². The summed E-state index contributed by atoms with van der Waals surface area (Å²) in [5.41, 5.74) is 9.83. The average Bonchev–Trinajstić information content (AvgIpc) is 3.50. The second-order valence-corrected chi connectivity index (χ2v) is 7.25. The quantitative estimate of drug-likeness (QED) is 0.367. The minimum Gasteiger partial charge on any atom is -0.480 e. The Hall–Kier alpha value is -4.53. The molecular weight excluding hydrogens is 406 g/mol. The monoisotopic (exact) mass is 425 g/mol. The molecule has 0 aliphatic heterocycles. The molecular formula is C23H19N7O2. The number of fused-ring (bicyclic) bond motifs is 1. The lowest BCUT2D eigenvalue weighted by Gasteiger charge is -2.18. The largest absolute Gasteiger partial charge is 0.480 e. The Morgan fingerprint density at radius 2 is 1.81 bits per heavy atom. The third kappa shape index (κ3) is 3.79. The number of H-pyrrole nitrogens is 2. The smallest absolute Gasteiger partial charge is 0.258 e. The van der Waals surface area contributed by atoms with Crippen LogP contribution < -0.4 is 10.5 Å². The zero-order chi connectivity index (χ0) is 21.9. The van der Waals surface area contributed by atoms with Gasteiger partial charge >= 0.3 is 0 Å². The number of aromatic nitrogens is 6. The minimum absolute atomic E-state index is 0.242. The van der Waals surface area contributed by atoms with E-state index in [9.17, 15) is 4.79 Å². The van der Waals surface area contributed by atoms with E-state index in [1.165, 1.54) is 0 Å². The molecule has 4 N–H and O–H groups in total. The topological polar surface area (TPSA) is 135 Å². The van der Waals surface area contributed by atoms with E-state index in [0.717, 1.165) is 33.3 Å². The molecule has 9 heteroatoms. The van der Waals surface area contributed by atoms with Crippen LogP contribution in [0.5, 0.6) is 5.75 Å². The van der Waals surface area contributed by atoms with Crippen molar-refractivity contribution in [1.82, 2.24) is 30.8 Å². The van der Waals surface area contributed by atoms with Gasteiger partial charge in [0.25, 0.3) is 5.91 Å². The van der Waals surface area contributed by atoms with E-state index in [0.29, 0.717) is 11.6 Å². The van der Waals surface area contributed by atoms with Gasteiger partial charge in [0, 0.05) is 22.9 Å². The van der Waals surface area contributed by atoms with Crippen molar-refractivity contribution in [2.45, 2.75) is 12.5 Å². The predicted molar refractivity (Wildman–Crippen MR) is 118 cm³/mol. The lowest BCUT2D eigenvalue weighted by atomic mass is 9.95. The molecule has 5 rings (SSSR count). The Morgan fingerprint density at radius 1 is 1.00 bits per heavy atom. The molecule has 5 aromatic rings. The summed E-state index contributed by atoms with van der Waals surface area (Å²) >= 11 is 0. The molecule has 0 aliphatic carbocycles. The van der Waals surface area contributed by atoms with Crippen molar-refractivity contribution in [2.75, 3.05) is 0 Å². The molecule has 158 valence electrons. The maximum Gasteiger partial charge on any atom is 0.258 e. The number of benzene rings is 3. The first-order chi connectivity index (χ1) is 15.7. The number of nitrogens with one attached hydrogen (secondary N) is 2. The van der Waals surface area contributed by atoms with Crippen molar-refractivity contribution < 1.29 is 9.53 Å². The number of aromatic amines is 2. The van der Waals surface area contributed by atoms with Gasteiger partial charge in [0.1, 0.15) is 11.4 Å². The van der Waals surface area contributed by atoms with Gasteiger partial charge in [0.15, 0.2) is 6.10 Å². The number of amides is 1. The fourth-order valence-electron chi connectivity index (χ4n) is 3.65. The van der Waals surface area contributed by atoms with Crippen LogP contribution in [0.1, 0.15) is 5.56 Å². The number of carbonyl (C=O) groups is 1. The summed E-state index contributed by atoms with van der Waals surface area (Å²) in [6.07, 6.45) is -0.631. The third-order valence-electron chi connectivity index (χ3n) is 5.18. The van der Waals surface area contributed by atoms with Crippen molar-refractivity contribution >= 4 is 16.8 Å². The lowest BCUT2D eigenvalue weighted by molar-refractivity contribution is -0.124. The van der Waals surface area contributed by atoms with Gasteiger partial charge in [0.2, 0.25) is 5.82 Å². The van der Waals surface area contributed by atoms with Crippen LogP contribution in [0.15, 0.2) is 72.8 Å². The Kier molecular flexibility index (Phi) is 5.04. The van der Waals surface area contributed by atoms with Crippen LogP contribution in [0.25, 0.3) is 33.5 Å². The van der Waals surface area contributed by atoms with Crippen LogP contribution in [-0.4, -0.2) is 42.8 Å². The number of tetrazole rings is 1. The van der Waals surface area contributed by atoms with Gasteiger partial charge in [-0.05, 0) is 35.0 Å². The fraction of sp³-hybridized carbons (Fsp3) is 0.0870. The van der Waals surface area contributed by atoms with Gasteiger partial charge in [-0.15, -0.1) is 10.2 Å². The van der Waals surface area contributed by atoms with Crippen molar-refractivity contribution in [1.29, 1.82) is 0 Å². The van der Waals surface area contributed by atoms with E-state index in [1.807, 2.05) is 60.7 Å². The molecule has 2 heterocycles. The molecule has 0 radical (unpaired) electrons. The summed E-state index contributed by atoms with van der Waals surface area (Å²) in [5.74, 6) is 0.457. The van der Waals surface area contributed by atoms with Gasteiger partial charge in [-0.2, -0.15) is 10.3 Å². The molecule has 2 aromatic heterocycles. The van der Waals surface area contributed by atoms with Crippen LogP contribution in [0.4, 0.5) is 0 Å². The molecule has 1 amide bonds. The molecule has 0 saturated heterocycles. The third-order valence-corrected chi connectivity index (χ3v) is 5.18. The summed E-state index contributed by atoms with van der Waals surface area (Å²) in [6, 6.07) is 22.7. The molecule has 1 unspecified atom stereocenters. The van der Waals surface area contributed by atoms with Crippen molar-refractivity contribution in [2.24, 2.45) is 5.73 Å². The maximum absolute atomic E-state index is 12.3. The first kappa shape index (κ1) is 19.4. The second-order valence-electron chi connectivity index (χ2n) is 7.25. The number of nitrogens with zero attached hydrogens (tertiary/aromatic N) is 4. The van der Waals surface area contributed by atoms with Gasteiger partial charge in [-0.1, -0.05) is 48.5 Å². The van der Waals surface area contributed by atoms with Gasteiger partial charge in [-0.25, -0.2) is 0 Å². The van der Waals surface area contributed by atoms with Crippen molar-refractivity contribution in [3.63, 3.8) is 0 Å². The summed E-state index contributed by atoms with van der Waals surface area (Å²) in [5, 5.41) is 22.8. The molecule has 32 heavy (non-hydrogen) atoms.